The first-order chi connectivity index (χ1) is 20.9. The van der Waals surface area contributed by atoms with Gasteiger partial charge in [0, 0.05) is 34.6 Å². The zero-order chi connectivity index (χ0) is 30.1. The number of anilines is 4. The Kier molecular flexibility index (Phi) is 7.69. The minimum Gasteiger partial charge on any atom is -0.497 e. The van der Waals surface area contributed by atoms with Crippen LogP contribution in [0.4, 0.5) is 22.7 Å². The minimum absolute atomic E-state index is 0.101. The number of ether oxygens (including phenoxy) is 1. The van der Waals surface area contributed by atoms with Crippen LogP contribution in [0.25, 0.3) is 10.9 Å². The van der Waals surface area contributed by atoms with Crippen LogP contribution in [-0.2, 0) is 20.8 Å². The van der Waals surface area contributed by atoms with Gasteiger partial charge in [0.05, 0.1) is 29.7 Å². The molecular formula is C33H31N5O4S. The highest BCUT2D eigenvalue weighted by molar-refractivity contribution is 7.08. The Bertz CT molecular complexity index is 1780. The van der Waals surface area contributed by atoms with Crippen LogP contribution in [0.5, 0.6) is 5.75 Å². The zero-order valence-corrected chi connectivity index (χ0v) is 24.9. The summed E-state index contributed by atoms with van der Waals surface area (Å²) in [6.07, 6.45) is 0.101. The predicted molar refractivity (Wildman–Crippen MR) is 169 cm³/mol. The maximum Gasteiger partial charge on any atom is 0.247 e. The molecule has 1 N–H and O–H groups in total. The molecule has 43 heavy (non-hydrogen) atoms. The summed E-state index contributed by atoms with van der Waals surface area (Å²) >= 11 is 1.47. The molecule has 1 aliphatic heterocycles. The number of aromatic nitrogens is 2. The van der Waals surface area contributed by atoms with Crippen molar-refractivity contribution in [3.63, 3.8) is 0 Å². The lowest BCUT2D eigenvalue weighted by molar-refractivity contribution is -0.132. The SMILES string of the molecule is COc1ccc(N(C(=O)CN2C(=O)C(Cc3[nH]nc4ccccc34)C(=O)N(c3ccsc3)c3ccccc32)C(C)C)cc1. The van der Waals surface area contributed by atoms with E-state index in [1.165, 1.54) is 16.2 Å². The molecule has 0 spiro atoms. The molecule has 3 amide bonds. The summed E-state index contributed by atoms with van der Waals surface area (Å²) in [6.45, 7) is 3.60. The molecule has 10 heteroatoms. The fourth-order valence-corrected chi connectivity index (χ4v) is 6.24. The van der Waals surface area contributed by atoms with E-state index in [0.29, 0.717) is 34.2 Å². The second-order valence-electron chi connectivity index (χ2n) is 10.6. The van der Waals surface area contributed by atoms with E-state index in [2.05, 4.69) is 10.2 Å². The lowest BCUT2D eigenvalue weighted by atomic mass is 9.98. The average Bonchev–Trinajstić information content (AvgIpc) is 3.68. The molecule has 2 aromatic heterocycles. The summed E-state index contributed by atoms with van der Waals surface area (Å²) in [5.74, 6) is -1.50. The smallest absolute Gasteiger partial charge is 0.247 e. The number of hydrogen-bond donors (Lipinski definition) is 1. The van der Waals surface area contributed by atoms with Crippen LogP contribution in [0, 0.1) is 5.92 Å². The van der Waals surface area contributed by atoms with Crippen LogP contribution in [0.15, 0.2) is 89.6 Å². The summed E-state index contributed by atoms with van der Waals surface area (Å²) in [5.41, 5.74) is 3.84. The maximum atomic E-state index is 14.5. The van der Waals surface area contributed by atoms with Gasteiger partial charge in [0.2, 0.25) is 17.7 Å². The van der Waals surface area contributed by atoms with Gasteiger partial charge in [-0.25, -0.2) is 0 Å². The van der Waals surface area contributed by atoms with Gasteiger partial charge in [-0.1, -0.05) is 30.3 Å². The number of nitrogens with zero attached hydrogens (tertiary/aromatic N) is 4. The van der Waals surface area contributed by atoms with Crippen molar-refractivity contribution in [3.8, 4) is 5.75 Å². The van der Waals surface area contributed by atoms with E-state index in [9.17, 15) is 14.4 Å². The second-order valence-corrected chi connectivity index (χ2v) is 11.4. The molecule has 1 atom stereocenters. The highest BCUT2D eigenvalue weighted by Gasteiger charge is 2.42. The lowest BCUT2D eigenvalue weighted by Gasteiger charge is -2.31. The number of nitrogens with one attached hydrogen (secondary N) is 1. The van der Waals surface area contributed by atoms with Crippen molar-refractivity contribution < 1.29 is 19.1 Å². The molecule has 3 heterocycles. The van der Waals surface area contributed by atoms with E-state index in [4.69, 9.17) is 4.74 Å². The van der Waals surface area contributed by atoms with Crippen LogP contribution >= 0.6 is 11.3 Å². The van der Waals surface area contributed by atoms with Crippen molar-refractivity contribution in [2.45, 2.75) is 26.3 Å². The maximum absolute atomic E-state index is 14.5. The van der Waals surface area contributed by atoms with Crippen molar-refractivity contribution in [2.75, 3.05) is 28.4 Å². The normalized spacial score (nSPS) is 15.1. The number of rotatable bonds is 8. The number of hydrogen-bond acceptors (Lipinski definition) is 6. The Morgan fingerprint density at radius 1 is 0.977 bits per heavy atom. The Morgan fingerprint density at radius 2 is 1.70 bits per heavy atom. The van der Waals surface area contributed by atoms with E-state index in [1.807, 2.05) is 85.3 Å². The Labute approximate surface area is 253 Å². The number of carbonyl (C=O) groups excluding carboxylic acids is 3. The average molecular weight is 594 g/mol. The van der Waals surface area contributed by atoms with Gasteiger partial charge in [-0.15, -0.1) is 0 Å². The molecule has 0 saturated carbocycles. The van der Waals surface area contributed by atoms with Gasteiger partial charge >= 0.3 is 0 Å². The van der Waals surface area contributed by atoms with Crippen LogP contribution < -0.4 is 19.4 Å². The van der Waals surface area contributed by atoms with Crippen LogP contribution in [0.2, 0.25) is 0 Å². The van der Waals surface area contributed by atoms with Gasteiger partial charge in [0.1, 0.15) is 18.2 Å². The molecule has 218 valence electrons. The number of para-hydroxylation sites is 3. The first-order valence-electron chi connectivity index (χ1n) is 14.0. The molecule has 0 radical (unpaired) electrons. The van der Waals surface area contributed by atoms with Gasteiger partial charge in [0.25, 0.3) is 0 Å². The van der Waals surface area contributed by atoms with E-state index >= 15 is 0 Å². The number of methoxy groups -OCH3 is 1. The zero-order valence-electron chi connectivity index (χ0n) is 24.1. The molecule has 0 aliphatic carbocycles. The monoisotopic (exact) mass is 593 g/mol. The molecule has 0 bridgehead atoms. The van der Waals surface area contributed by atoms with Crippen molar-refractivity contribution in [1.82, 2.24) is 10.2 Å². The van der Waals surface area contributed by atoms with Gasteiger partial charge in [-0.3, -0.25) is 24.4 Å². The third kappa shape index (κ3) is 5.25. The van der Waals surface area contributed by atoms with Gasteiger partial charge in [-0.05, 0) is 67.8 Å². The first kappa shape index (κ1) is 28.2. The van der Waals surface area contributed by atoms with Crippen LogP contribution in [0.3, 0.4) is 0 Å². The Morgan fingerprint density at radius 3 is 2.40 bits per heavy atom. The van der Waals surface area contributed by atoms with Crippen molar-refractivity contribution in [2.24, 2.45) is 5.92 Å². The standard InChI is InChI=1S/C33H31N5O4S/c1-21(2)37(22-12-14-24(42-3)15-13-22)31(39)19-36-29-10-6-7-11-30(29)38(23-16-17-43-20-23)33(41)26(32(36)40)18-28-25-8-4-5-9-27(25)34-35-28/h4-17,20-21,26H,18-19H2,1-3H3,(H,34,35). The number of amides is 3. The van der Waals surface area contributed by atoms with Gasteiger partial charge < -0.3 is 14.5 Å². The van der Waals surface area contributed by atoms with Crippen LogP contribution in [0.1, 0.15) is 19.5 Å². The van der Waals surface area contributed by atoms with Gasteiger partial charge in [-0.2, -0.15) is 16.4 Å². The molecular weight excluding hydrogens is 562 g/mol. The van der Waals surface area contributed by atoms with E-state index in [1.54, 1.807) is 35.1 Å². The van der Waals surface area contributed by atoms with E-state index in [0.717, 1.165) is 10.9 Å². The molecule has 0 saturated heterocycles. The summed E-state index contributed by atoms with van der Waals surface area (Å²) in [4.78, 5) is 47.7. The highest BCUT2D eigenvalue weighted by Crippen LogP contribution is 2.41. The fraction of sp³-hybridized carbons (Fsp3) is 0.212. The highest BCUT2D eigenvalue weighted by atomic mass is 32.1. The molecule has 1 unspecified atom stereocenters. The lowest BCUT2D eigenvalue weighted by Crippen LogP contribution is -2.48. The number of H-pyrrole nitrogens is 1. The number of fused-ring (bicyclic) bond motifs is 2. The second kappa shape index (κ2) is 11.7. The third-order valence-electron chi connectivity index (χ3n) is 7.64. The first-order valence-corrected chi connectivity index (χ1v) is 15.0. The number of thiophene rings is 1. The van der Waals surface area contributed by atoms with Crippen molar-refractivity contribution in [3.05, 3.63) is 95.3 Å². The molecule has 6 rings (SSSR count). The topological polar surface area (TPSA) is 98.8 Å². The summed E-state index contributed by atoms with van der Waals surface area (Å²) in [5, 5.41) is 12.0. The summed E-state index contributed by atoms with van der Waals surface area (Å²) < 4.78 is 5.29. The minimum atomic E-state index is -1.10. The summed E-state index contributed by atoms with van der Waals surface area (Å²) in [7, 11) is 1.59. The summed E-state index contributed by atoms with van der Waals surface area (Å²) in [6, 6.07) is 23.7. The van der Waals surface area contributed by atoms with Crippen molar-refractivity contribution >= 4 is 62.7 Å². The van der Waals surface area contributed by atoms with Crippen molar-refractivity contribution in [1.29, 1.82) is 0 Å². The van der Waals surface area contributed by atoms with E-state index < -0.39 is 11.8 Å². The molecule has 1 aliphatic rings. The quantitative estimate of drug-likeness (QED) is 0.225. The molecule has 0 fully saturated rings. The third-order valence-corrected chi connectivity index (χ3v) is 8.31. The predicted octanol–water partition coefficient (Wildman–Crippen LogP) is 5.94. The molecule has 5 aromatic rings. The number of benzene rings is 3. The molecule has 9 nitrogen and oxygen atoms in total. The largest absolute Gasteiger partial charge is 0.497 e. The van der Waals surface area contributed by atoms with Gasteiger partial charge in [0.15, 0.2) is 0 Å². The number of carbonyl (C=O) groups is 3. The number of aromatic amines is 1. The fourth-order valence-electron chi connectivity index (χ4n) is 5.62. The van der Waals surface area contributed by atoms with E-state index in [-0.39, 0.29) is 30.8 Å². The Hall–Kier alpha value is -4.96. The molecule has 3 aromatic carbocycles. The Balaban J connectivity index is 1.43. The van der Waals surface area contributed by atoms with Crippen LogP contribution in [-0.4, -0.2) is 47.6 Å².